The summed E-state index contributed by atoms with van der Waals surface area (Å²) in [5.74, 6) is -0.129. The number of nitro groups is 1. The Balaban J connectivity index is 2.10. The number of hydrogen-bond donors (Lipinski definition) is 2. The van der Waals surface area contributed by atoms with Gasteiger partial charge in [0.25, 0.3) is 5.69 Å². The van der Waals surface area contributed by atoms with E-state index in [0.29, 0.717) is 16.3 Å². The predicted molar refractivity (Wildman–Crippen MR) is 82.4 cm³/mol. The summed E-state index contributed by atoms with van der Waals surface area (Å²) in [4.78, 5) is 10.0. The van der Waals surface area contributed by atoms with Gasteiger partial charge in [-0.2, -0.15) is 5.10 Å². The van der Waals surface area contributed by atoms with Crippen molar-refractivity contribution in [1.82, 2.24) is 0 Å². The molecule has 0 bridgehead atoms. The van der Waals surface area contributed by atoms with Crippen LogP contribution in [0.15, 0.2) is 41.5 Å². The highest BCUT2D eigenvalue weighted by molar-refractivity contribution is 6.36. The van der Waals surface area contributed by atoms with Crippen molar-refractivity contribution in [1.29, 1.82) is 0 Å². The highest BCUT2D eigenvalue weighted by atomic mass is 35.5. The van der Waals surface area contributed by atoms with Crippen LogP contribution in [0.3, 0.4) is 0 Å². The predicted octanol–water partition coefficient (Wildman–Crippen LogP) is 4.05. The number of rotatable bonds is 4. The number of non-ortho nitro benzene ring substituents is 1. The van der Waals surface area contributed by atoms with E-state index in [1.807, 2.05) is 0 Å². The molecular formula is C13H9Cl2N3O3. The Bertz CT molecular complexity index is 703. The minimum absolute atomic E-state index is 0.0104. The summed E-state index contributed by atoms with van der Waals surface area (Å²) in [7, 11) is 0. The molecule has 0 atom stereocenters. The molecule has 0 amide bonds. The van der Waals surface area contributed by atoms with Gasteiger partial charge in [-0.3, -0.25) is 15.5 Å². The molecule has 108 valence electrons. The Morgan fingerprint density at radius 2 is 1.90 bits per heavy atom. The van der Waals surface area contributed by atoms with Gasteiger partial charge in [-0.25, -0.2) is 0 Å². The zero-order valence-corrected chi connectivity index (χ0v) is 12.0. The number of nitro benzene ring substituents is 1. The molecule has 6 nitrogen and oxygen atoms in total. The van der Waals surface area contributed by atoms with E-state index in [1.165, 1.54) is 42.6 Å². The van der Waals surface area contributed by atoms with E-state index in [1.54, 1.807) is 0 Å². The van der Waals surface area contributed by atoms with Gasteiger partial charge in [-0.15, -0.1) is 0 Å². The van der Waals surface area contributed by atoms with E-state index in [0.717, 1.165) is 0 Å². The van der Waals surface area contributed by atoms with Crippen molar-refractivity contribution in [3.8, 4) is 5.75 Å². The van der Waals surface area contributed by atoms with Crippen molar-refractivity contribution in [2.45, 2.75) is 0 Å². The number of aromatic hydroxyl groups is 1. The zero-order chi connectivity index (χ0) is 15.4. The second-order valence-corrected chi connectivity index (χ2v) is 4.84. The molecule has 0 aliphatic rings. The maximum absolute atomic E-state index is 10.5. The summed E-state index contributed by atoms with van der Waals surface area (Å²) in [5.41, 5.74) is 3.57. The summed E-state index contributed by atoms with van der Waals surface area (Å²) in [5, 5.41) is 24.6. The van der Waals surface area contributed by atoms with E-state index in [9.17, 15) is 15.2 Å². The molecule has 0 spiro atoms. The first kappa shape index (κ1) is 15.1. The zero-order valence-electron chi connectivity index (χ0n) is 10.5. The van der Waals surface area contributed by atoms with Crippen molar-refractivity contribution in [3.63, 3.8) is 0 Å². The van der Waals surface area contributed by atoms with E-state index < -0.39 is 4.92 Å². The number of nitrogens with zero attached hydrogens (tertiary/aromatic N) is 2. The lowest BCUT2D eigenvalue weighted by Crippen LogP contribution is -1.92. The standard InChI is InChI=1S/C13H9Cl2N3O3/c14-9-5-8(13(19)12(15)6-9)7-16-17-10-1-3-11(4-2-10)18(20)21/h1-7,17,19H/b16-7+. The van der Waals surface area contributed by atoms with Crippen molar-refractivity contribution < 1.29 is 10.0 Å². The second-order valence-electron chi connectivity index (χ2n) is 4.00. The van der Waals surface area contributed by atoms with E-state index >= 15 is 0 Å². The molecule has 0 saturated heterocycles. The van der Waals surface area contributed by atoms with E-state index in [-0.39, 0.29) is 16.5 Å². The fourth-order valence-corrected chi connectivity index (χ4v) is 2.03. The average Bonchev–Trinajstić information content (AvgIpc) is 2.44. The van der Waals surface area contributed by atoms with E-state index in [4.69, 9.17) is 23.2 Å². The third-order valence-electron chi connectivity index (χ3n) is 2.53. The van der Waals surface area contributed by atoms with Crippen LogP contribution in [0.4, 0.5) is 11.4 Å². The van der Waals surface area contributed by atoms with Crippen LogP contribution < -0.4 is 5.43 Å². The highest BCUT2D eigenvalue weighted by Crippen LogP contribution is 2.30. The Kier molecular flexibility index (Phi) is 4.62. The van der Waals surface area contributed by atoms with Crippen LogP contribution in [0, 0.1) is 10.1 Å². The molecule has 0 saturated carbocycles. The minimum Gasteiger partial charge on any atom is -0.506 e. The van der Waals surface area contributed by atoms with Crippen LogP contribution in [0.2, 0.25) is 10.0 Å². The molecule has 0 aliphatic heterocycles. The molecule has 2 N–H and O–H groups in total. The lowest BCUT2D eigenvalue weighted by molar-refractivity contribution is -0.384. The molecule has 0 aliphatic carbocycles. The minimum atomic E-state index is -0.487. The SMILES string of the molecule is O=[N+]([O-])c1ccc(N/N=C/c2cc(Cl)cc(Cl)c2O)cc1. The van der Waals surface area contributed by atoms with Gasteiger partial charge in [0.15, 0.2) is 0 Å². The number of nitrogens with one attached hydrogen (secondary N) is 1. The first-order valence-electron chi connectivity index (χ1n) is 5.69. The number of phenolic OH excluding ortho intramolecular Hbond substituents is 1. The van der Waals surface area contributed by atoms with Crippen LogP contribution in [0.25, 0.3) is 0 Å². The average molecular weight is 326 g/mol. The smallest absolute Gasteiger partial charge is 0.269 e. The molecule has 21 heavy (non-hydrogen) atoms. The normalized spacial score (nSPS) is 10.8. The molecular weight excluding hydrogens is 317 g/mol. The summed E-state index contributed by atoms with van der Waals surface area (Å²) >= 11 is 11.6. The Morgan fingerprint density at radius 1 is 1.24 bits per heavy atom. The van der Waals surface area contributed by atoms with Gasteiger partial charge in [0.1, 0.15) is 5.75 Å². The maximum Gasteiger partial charge on any atom is 0.269 e. The number of anilines is 1. The van der Waals surface area contributed by atoms with Crippen LogP contribution in [0.5, 0.6) is 5.75 Å². The number of hydrogen-bond acceptors (Lipinski definition) is 5. The Labute approximate surface area is 129 Å². The summed E-state index contributed by atoms with van der Waals surface area (Å²) < 4.78 is 0. The highest BCUT2D eigenvalue weighted by Gasteiger charge is 2.06. The van der Waals surface area contributed by atoms with Crippen LogP contribution in [-0.2, 0) is 0 Å². The van der Waals surface area contributed by atoms with Crippen molar-refractivity contribution in [2.24, 2.45) is 5.10 Å². The van der Waals surface area contributed by atoms with Gasteiger partial charge in [0.2, 0.25) is 0 Å². The lowest BCUT2D eigenvalue weighted by Gasteiger charge is -2.03. The molecule has 2 aromatic carbocycles. The van der Waals surface area contributed by atoms with Crippen LogP contribution >= 0.6 is 23.2 Å². The van der Waals surface area contributed by atoms with Crippen molar-refractivity contribution >= 4 is 40.8 Å². The maximum atomic E-state index is 10.5. The molecule has 0 aromatic heterocycles. The first-order valence-corrected chi connectivity index (χ1v) is 6.44. The number of hydrazone groups is 1. The topological polar surface area (TPSA) is 87.8 Å². The van der Waals surface area contributed by atoms with Crippen LogP contribution in [0.1, 0.15) is 5.56 Å². The Hall–Kier alpha value is -2.31. The van der Waals surface area contributed by atoms with Gasteiger partial charge in [-0.05, 0) is 24.3 Å². The molecule has 8 heteroatoms. The molecule has 0 radical (unpaired) electrons. The monoisotopic (exact) mass is 325 g/mol. The molecule has 2 rings (SSSR count). The molecule has 2 aromatic rings. The fraction of sp³-hybridized carbons (Fsp3) is 0. The molecule has 0 fully saturated rings. The Morgan fingerprint density at radius 3 is 2.52 bits per heavy atom. The van der Waals surface area contributed by atoms with Crippen LogP contribution in [-0.4, -0.2) is 16.2 Å². The van der Waals surface area contributed by atoms with Gasteiger partial charge >= 0.3 is 0 Å². The van der Waals surface area contributed by atoms with Crippen molar-refractivity contribution in [2.75, 3.05) is 5.43 Å². The van der Waals surface area contributed by atoms with Gasteiger partial charge in [0.05, 0.1) is 21.8 Å². The third kappa shape index (κ3) is 3.84. The summed E-state index contributed by atoms with van der Waals surface area (Å²) in [6.07, 6.45) is 1.34. The largest absolute Gasteiger partial charge is 0.506 e. The van der Waals surface area contributed by atoms with Gasteiger partial charge in [0, 0.05) is 22.7 Å². The quantitative estimate of drug-likeness (QED) is 0.504. The number of halogens is 2. The second kappa shape index (κ2) is 6.43. The van der Waals surface area contributed by atoms with Crippen molar-refractivity contribution in [3.05, 3.63) is 62.1 Å². The molecule has 0 unspecified atom stereocenters. The number of benzene rings is 2. The third-order valence-corrected chi connectivity index (χ3v) is 3.04. The van der Waals surface area contributed by atoms with E-state index in [2.05, 4.69) is 10.5 Å². The first-order chi connectivity index (χ1) is 9.97. The molecule has 0 heterocycles. The summed E-state index contributed by atoms with van der Waals surface area (Å²) in [6.45, 7) is 0. The number of phenols is 1. The van der Waals surface area contributed by atoms with Gasteiger partial charge < -0.3 is 5.11 Å². The lowest BCUT2D eigenvalue weighted by atomic mass is 10.2. The summed E-state index contributed by atoms with van der Waals surface area (Å²) in [6, 6.07) is 8.65. The fourth-order valence-electron chi connectivity index (χ4n) is 1.52. The van der Waals surface area contributed by atoms with Gasteiger partial charge in [-0.1, -0.05) is 23.2 Å².